The lowest BCUT2D eigenvalue weighted by Gasteiger charge is -2.14. The second-order valence-corrected chi connectivity index (χ2v) is 9.83. The van der Waals surface area contributed by atoms with Gasteiger partial charge in [-0.1, -0.05) is 42.1 Å². The van der Waals surface area contributed by atoms with E-state index in [1.54, 1.807) is 11.3 Å². The second-order valence-electron chi connectivity index (χ2n) is 7.49. The Bertz CT molecular complexity index is 1240. The average molecular weight is 479 g/mol. The van der Waals surface area contributed by atoms with Crippen molar-refractivity contribution in [2.24, 2.45) is 0 Å². The summed E-state index contributed by atoms with van der Waals surface area (Å²) in [5, 5.41) is 14.3. The molecule has 2 aromatic heterocycles. The molecular formula is C24H22N4O3S2. The molecule has 0 radical (unpaired) electrons. The smallest absolute Gasteiger partial charge is 0.233 e. The van der Waals surface area contributed by atoms with E-state index in [-0.39, 0.29) is 18.0 Å². The fraction of sp³-hybridized carbons (Fsp3) is 0.208. The van der Waals surface area contributed by atoms with Gasteiger partial charge in [0.05, 0.1) is 5.25 Å². The van der Waals surface area contributed by atoms with Crippen molar-refractivity contribution in [2.75, 3.05) is 6.79 Å². The number of carbonyl (C=O) groups excluding carboxylic acids is 1. The van der Waals surface area contributed by atoms with Crippen LogP contribution < -0.4 is 14.8 Å². The summed E-state index contributed by atoms with van der Waals surface area (Å²) >= 11 is 3.09. The summed E-state index contributed by atoms with van der Waals surface area (Å²) in [6.07, 6.45) is 0.685. The predicted octanol–water partition coefficient (Wildman–Crippen LogP) is 4.45. The summed E-state index contributed by atoms with van der Waals surface area (Å²) in [5.41, 5.74) is 1.93. The van der Waals surface area contributed by atoms with E-state index in [9.17, 15) is 4.79 Å². The van der Waals surface area contributed by atoms with Gasteiger partial charge >= 0.3 is 0 Å². The van der Waals surface area contributed by atoms with Gasteiger partial charge in [-0.15, -0.1) is 21.5 Å². The Balaban J connectivity index is 1.29. The van der Waals surface area contributed by atoms with E-state index in [4.69, 9.17) is 9.47 Å². The van der Waals surface area contributed by atoms with Crippen LogP contribution in [0, 0.1) is 0 Å². The van der Waals surface area contributed by atoms with Gasteiger partial charge in [0.25, 0.3) is 0 Å². The maximum atomic E-state index is 12.8. The largest absolute Gasteiger partial charge is 0.454 e. The van der Waals surface area contributed by atoms with Crippen LogP contribution in [0.2, 0.25) is 0 Å². The quantitative estimate of drug-likeness (QED) is 0.377. The third-order valence-electron chi connectivity index (χ3n) is 5.18. The number of fused-ring (bicyclic) bond motifs is 1. The fourth-order valence-electron chi connectivity index (χ4n) is 3.49. The number of thiophene rings is 1. The number of ether oxygens (including phenoxy) is 2. The minimum absolute atomic E-state index is 0.0694. The number of rotatable bonds is 8. The molecule has 1 atom stereocenters. The normalized spacial score (nSPS) is 13.1. The first-order valence-corrected chi connectivity index (χ1v) is 12.3. The summed E-state index contributed by atoms with van der Waals surface area (Å²) < 4.78 is 12.8. The number of nitrogens with zero attached hydrogens (tertiary/aromatic N) is 3. The Hall–Kier alpha value is -3.30. The van der Waals surface area contributed by atoms with Gasteiger partial charge in [-0.2, -0.15) is 0 Å². The fourth-order valence-corrected chi connectivity index (χ4v) is 5.10. The molecule has 1 unspecified atom stereocenters. The van der Waals surface area contributed by atoms with Crippen LogP contribution in [0.4, 0.5) is 0 Å². The first-order valence-electron chi connectivity index (χ1n) is 10.5. The molecule has 0 aliphatic carbocycles. The van der Waals surface area contributed by atoms with E-state index < -0.39 is 0 Å². The molecule has 1 N–H and O–H groups in total. The van der Waals surface area contributed by atoms with Crippen molar-refractivity contribution < 1.29 is 14.3 Å². The number of hydrogen-bond donors (Lipinski definition) is 1. The number of benzene rings is 2. The average Bonchev–Trinajstić information content (AvgIpc) is 3.59. The molecule has 9 heteroatoms. The number of nitrogens with one attached hydrogen (secondary N) is 1. The van der Waals surface area contributed by atoms with Crippen LogP contribution in [0.1, 0.15) is 23.2 Å². The van der Waals surface area contributed by atoms with Gasteiger partial charge < -0.3 is 14.8 Å². The van der Waals surface area contributed by atoms with Gasteiger partial charge in [0.15, 0.2) is 16.7 Å². The molecule has 33 heavy (non-hydrogen) atoms. The molecule has 5 rings (SSSR count). The van der Waals surface area contributed by atoms with Gasteiger partial charge in [0.2, 0.25) is 12.7 Å². The van der Waals surface area contributed by atoms with E-state index in [0.29, 0.717) is 23.9 Å². The molecule has 4 aromatic rings. The molecule has 0 fully saturated rings. The molecule has 1 aliphatic heterocycles. The molecule has 7 nitrogen and oxygen atoms in total. The third-order valence-corrected chi connectivity index (χ3v) is 7.10. The SMILES string of the molecule is CC(Sc1nnc(Cc2cccs2)n1-c1ccccc1)C(=O)NCc1ccc2c(c1)OCO2. The maximum Gasteiger partial charge on any atom is 0.233 e. The molecule has 168 valence electrons. The van der Waals surface area contributed by atoms with Gasteiger partial charge in [0.1, 0.15) is 5.82 Å². The van der Waals surface area contributed by atoms with Crippen molar-refractivity contribution in [3.05, 3.63) is 82.3 Å². The van der Waals surface area contributed by atoms with E-state index in [0.717, 1.165) is 22.8 Å². The predicted molar refractivity (Wildman–Crippen MR) is 128 cm³/mol. The highest BCUT2D eigenvalue weighted by molar-refractivity contribution is 8.00. The first kappa shape index (κ1) is 21.5. The zero-order chi connectivity index (χ0) is 22.6. The Morgan fingerprint density at radius 3 is 2.79 bits per heavy atom. The minimum atomic E-state index is -0.347. The number of aromatic nitrogens is 3. The number of thioether (sulfide) groups is 1. The molecule has 1 aliphatic rings. The highest BCUT2D eigenvalue weighted by atomic mass is 32.2. The maximum absolute atomic E-state index is 12.8. The standard InChI is InChI=1S/C24H22N4O3S2/c1-16(23(29)25-14-17-9-10-20-21(12-17)31-15-30-20)33-24-27-26-22(13-19-8-5-11-32-19)28(24)18-6-3-2-4-7-18/h2-12,16H,13-15H2,1H3,(H,25,29). The molecule has 2 aromatic carbocycles. The van der Waals surface area contributed by atoms with Crippen LogP contribution in [0.5, 0.6) is 11.5 Å². The lowest BCUT2D eigenvalue weighted by Crippen LogP contribution is -2.30. The molecular weight excluding hydrogens is 456 g/mol. The van der Waals surface area contributed by atoms with Crippen LogP contribution in [0.25, 0.3) is 5.69 Å². The Kier molecular flexibility index (Phi) is 6.32. The summed E-state index contributed by atoms with van der Waals surface area (Å²) in [7, 11) is 0. The highest BCUT2D eigenvalue weighted by Gasteiger charge is 2.22. The molecule has 3 heterocycles. The van der Waals surface area contributed by atoms with Crippen LogP contribution in [0.3, 0.4) is 0 Å². The summed E-state index contributed by atoms with van der Waals surface area (Å²) in [6, 6.07) is 19.8. The second kappa shape index (κ2) is 9.68. The Labute approximate surface area is 199 Å². The van der Waals surface area contributed by atoms with E-state index in [1.165, 1.54) is 16.6 Å². The lowest BCUT2D eigenvalue weighted by molar-refractivity contribution is -0.120. The molecule has 1 amide bonds. The highest BCUT2D eigenvalue weighted by Crippen LogP contribution is 2.32. The van der Waals surface area contributed by atoms with Crippen molar-refractivity contribution in [1.29, 1.82) is 0 Å². The number of amides is 1. The summed E-state index contributed by atoms with van der Waals surface area (Å²) in [6.45, 7) is 2.52. The van der Waals surface area contributed by atoms with Gasteiger partial charge in [-0.05, 0) is 48.2 Å². The van der Waals surface area contributed by atoms with Gasteiger partial charge in [-0.25, -0.2) is 0 Å². The minimum Gasteiger partial charge on any atom is -0.454 e. The molecule has 0 saturated carbocycles. The number of carbonyl (C=O) groups is 1. The molecule has 0 spiro atoms. The lowest BCUT2D eigenvalue weighted by atomic mass is 10.2. The van der Waals surface area contributed by atoms with Crippen LogP contribution in [-0.2, 0) is 17.8 Å². The number of hydrogen-bond acceptors (Lipinski definition) is 7. The summed E-state index contributed by atoms with van der Waals surface area (Å²) in [4.78, 5) is 14.0. The van der Waals surface area contributed by atoms with Crippen LogP contribution in [-0.4, -0.2) is 32.7 Å². The molecule has 0 saturated heterocycles. The van der Waals surface area contributed by atoms with E-state index >= 15 is 0 Å². The van der Waals surface area contributed by atoms with E-state index in [2.05, 4.69) is 27.0 Å². The van der Waals surface area contributed by atoms with E-state index in [1.807, 2.05) is 66.1 Å². The van der Waals surface area contributed by atoms with Crippen molar-refractivity contribution in [1.82, 2.24) is 20.1 Å². The van der Waals surface area contributed by atoms with Crippen molar-refractivity contribution in [3.63, 3.8) is 0 Å². The zero-order valence-electron chi connectivity index (χ0n) is 17.9. The third kappa shape index (κ3) is 4.89. The number of para-hydroxylation sites is 1. The van der Waals surface area contributed by atoms with Crippen LogP contribution >= 0.6 is 23.1 Å². The molecule has 0 bridgehead atoms. The van der Waals surface area contributed by atoms with Crippen molar-refractivity contribution in [2.45, 2.75) is 30.3 Å². The Morgan fingerprint density at radius 1 is 1.12 bits per heavy atom. The first-order chi connectivity index (χ1) is 16.2. The van der Waals surface area contributed by atoms with Gasteiger partial charge in [0, 0.05) is 23.5 Å². The van der Waals surface area contributed by atoms with Crippen molar-refractivity contribution >= 4 is 29.0 Å². The topological polar surface area (TPSA) is 78.3 Å². The van der Waals surface area contributed by atoms with Gasteiger partial charge in [-0.3, -0.25) is 9.36 Å². The van der Waals surface area contributed by atoms with Crippen LogP contribution in [0.15, 0.2) is 71.2 Å². The summed E-state index contributed by atoms with van der Waals surface area (Å²) in [5.74, 6) is 2.21. The van der Waals surface area contributed by atoms with Crippen molar-refractivity contribution in [3.8, 4) is 17.2 Å². The monoisotopic (exact) mass is 478 g/mol. The Morgan fingerprint density at radius 2 is 1.97 bits per heavy atom. The zero-order valence-corrected chi connectivity index (χ0v) is 19.6.